The molecule has 23 nitrogen and oxygen atoms in total. The van der Waals surface area contributed by atoms with Crippen LogP contribution in [-0.2, 0) is 70.7 Å². The number of hydrogen-bond acceptors (Lipinski definition) is 16. The maximum absolute atomic E-state index is 12.6. The molecule has 2 rings (SSSR count). The number of carboxylic acids is 2. The van der Waals surface area contributed by atoms with Crippen LogP contribution in [0.25, 0.3) is 0 Å². The summed E-state index contributed by atoms with van der Waals surface area (Å²) in [7, 11) is -3.91. The van der Waals surface area contributed by atoms with E-state index in [9.17, 15) is 61.8 Å². The number of carboxylic acid groups (broad SMARTS) is 2. The number of rotatable bonds is 53. The average molecular weight is 1160 g/mol. The van der Waals surface area contributed by atoms with Crippen molar-refractivity contribution in [3.8, 4) is 0 Å². The number of aliphatic carboxylic acids is 2. The van der Waals surface area contributed by atoms with Gasteiger partial charge in [0.25, 0.3) is 0 Å². The number of aromatic amines is 1. The van der Waals surface area contributed by atoms with E-state index in [-0.39, 0.29) is 121 Å². The third-order valence-electron chi connectivity index (χ3n) is 13.5. The Bertz CT molecular complexity index is 2270. The molecule has 0 radical (unpaired) electrons. The lowest BCUT2D eigenvalue weighted by Gasteiger charge is -2.16. The molecule has 2 atom stereocenters. The molecule has 4 amide bonds. The van der Waals surface area contributed by atoms with Crippen molar-refractivity contribution in [3.63, 3.8) is 0 Å². The molecule has 1 aromatic heterocycles. The van der Waals surface area contributed by atoms with Crippen LogP contribution in [0.5, 0.6) is 0 Å². The lowest BCUT2D eigenvalue weighted by molar-refractivity contribution is -0.145. The Morgan fingerprint density at radius 2 is 1.17 bits per heavy atom. The molecule has 2 unspecified atom stereocenters. The van der Waals surface area contributed by atoms with Crippen molar-refractivity contribution >= 4 is 62.9 Å². The van der Waals surface area contributed by atoms with Crippen molar-refractivity contribution in [3.05, 3.63) is 41.2 Å². The fraction of sp³-hybridized carbons (Fsp3) is 0.719. The molecule has 0 aliphatic rings. The zero-order valence-electron chi connectivity index (χ0n) is 47.8. The van der Waals surface area contributed by atoms with E-state index < -0.39 is 63.2 Å². The number of tetrazole rings is 1. The summed E-state index contributed by atoms with van der Waals surface area (Å²) in [5, 5.41) is 40.9. The number of ketones is 3. The van der Waals surface area contributed by atoms with Gasteiger partial charge in [0.2, 0.25) is 33.7 Å². The van der Waals surface area contributed by atoms with Gasteiger partial charge in [-0.3, -0.25) is 43.1 Å². The molecule has 81 heavy (non-hydrogen) atoms. The predicted molar refractivity (Wildman–Crippen MR) is 302 cm³/mol. The van der Waals surface area contributed by atoms with E-state index in [2.05, 4.69) is 48.2 Å². The molecule has 0 saturated heterocycles. The molecule has 0 bridgehead atoms. The average Bonchev–Trinajstić information content (AvgIpc) is 3.96. The van der Waals surface area contributed by atoms with E-state index in [1.165, 1.54) is 50.5 Å². The highest BCUT2D eigenvalue weighted by Gasteiger charge is 2.25. The number of Topliss-reactive ketones (excluding diaryl/α,β-unsaturated/α-hetero) is 3. The first-order valence-corrected chi connectivity index (χ1v) is 31.0. The second-order valence-electron chi connectivity index (χ2n) is 20.6. The summed E-state index contributed by atoms with van der Waals surface area (Å²) in [4.78, 5) is 110. The van der Waals surface area contributed by atoms with Gasteiger partial charge < -0.3 is 35.6 Å². The highest BCUT2D eigenvalue weighted by Crippen LogP contribution is 2.17. The van der Waals surface area contributed by atoms with Gasteiger partial charge in [0.05, 0.1) is 24.9 Å². The van der Waals surface area contributed by atoms with E-state index in [0.717, 1.165) is 63.6 Å². The zero-order chi connectivity index (χ0) is 59.4. The quantitative estimate of drug-likeness (QED) is 0.0270. The van der Waals surface area contributed by atoms with Crippen molar-refractivity contribution in [2.45, 2.75) is 212 Å². The Hall–Kier alpha value is -6.01. The summed E-state index contributed by atoms with van der Waals surface area (Å²) in [6.45, 7) is 2.91. The number of carbonyl (C=O) groups excluding carboxylic acids is 7. The second-order valence-corrected chi connectivity index (χ2v) is 22.5. The monoisotopic (exact) mass is 1160 g/mol. The number of hydrogen-bond donors (Lipinski definition) is 7. The van der Waals surface area contributed by atoms with Crippen molar-refractivity contribution < 1.29 is 71.3 Å². The molecule has 0 aliphatic heterocycles. The largest absolute Gasteiger partial charge is 0.481 e. The molecule has 456 valence electrons. The van der Waals surface area contributed by atoms with Gasteiger partial charge in [0, 0.05) is 83.0 Å². The number of H-pyrrole nitrogens is 1. The minimum absolute atomic E-state index is 0.0216. The van der Waals surface area contributed by atoms with E-state index in [0.29, 0.717) is 37.8 Å². The first-order valence-electron chi connectivity index (χ1n) is 29.3. The number of nitrogens with zero attached hydrogens (tertiary/aromatic N) is 3. The van der Waals surface area contributed by atoms with Crippen molar-refractivity contribution in [1.82, 2.24) is 41.3 Å². The molecule has 1 aromatic carbocycles. The molecule has 0 saturated carbocycles. The van der Waals surface area contributed by atoms with Crippen LogP contribution in [0.4, 0.5) is 0 Å². The van der Waals surface area contributed by atoms with Gasteiger partial charge in [0.15, 0.2) is 11.6 Å². The summed E-state index contributed by atoms with van der Waals surface area (Å²) in [5.41, 5.74) is 1.86. The predicted octanol–water partition coefficient (Wildman–Crippen LogP) is 6.62. The maximum atomic E-state index is 12.6. The lowest BCUT2D eigenvalue weighted by Crippen LogP contribution is -2.41. The Morgan fingerprint density at radius 1 is 0.568 bits per heavy atom. The van der Waals surface area contributed by atoms with E-state index in [1.807, 2.05) is 24.3 Å². The molecular formula is C57H92N8O15S. The summed E-state index contributed by atoms with van der Waals surface area (Å²) in [6, 6.07) is 6.25. The highest BCUT2D eigenvalue weighted by molar-refractivity contribution is 7.90. The molecule has 0 spiro atoms. The van der Waals surface area contributed by atoms with Crippen LogP contribution >= 0.6 is 0 Å². The van der Waals surface area contributed by atoms with Gasteiger partial charge >= 0.3 is 11.9 Å². The lowest BCUT2D eigenvalue weighted by atomic mass is 9.95. The van der Waals surface area contributed by atoms with Gasteiger partial charge in [-0.1, -0.05) is 113 Å². The fourth-order valence-corrected chi connectivity index (χ4v) is 9.79. The molecular weight excluding hydrogens is 1070 g/mol. The number of benzene rings is 1. The topological polar surface area (TPSA) is 349 Å². The van der Waals surface area contributed by atoms with Crippen LogP contribution in [-0.4, -0.2) is 143 Å². The van der Waals surface area contributed by atoms with Gasteiger partial charge in [-0.25, -0.2) is 13.2 Å². The smallest absolute Gasteiger partial charge is 0.326 e. The van der Waals surface area contributed by atoms with Gasteiger partial charge in [-0.2, -0.15) is 5.21 Å². The van der Waals surface area contributed by atoms with Crippen LogP contribution in [0.2, 0.25) is 0 Å². The zero-order valence-corrected chi connectivity index (χ0v) is 48.6. The molecule has 7 N–H and O–H groups in total. The molecule has 0 aliphatic carbocycles. The number of nitrogens with one attached hydrogen (secondary N) is 5. The number of aromatic nitrogens is 4. The first kappa shape index (κ1) is 71.1. The minimum atomic E-state index is -3.91. The van der Waals surface area contributed by atoms with Crippen LogP contribution in [0.1, 0.15) is 215 Å². The Labute approximate surface area is 478 Å². The van der Waals surface area contributed by atoms with E-state index >= 15 is 0 Å². The molecule has 1 heterocycles. The number of ether oxygens (including phenoxy) is 2. The van der Waals surface area contributed by atoms with Crippen molar-refractivity contribution in [2.75, 3.05) is 45.3 Å². The standard InChI is InChI=1S/C57H92N8O15S/c1-2-3-21-44-28-30-45(31-29-44)50(68)24-18-37-59-55(72)43-80-40-39-79-38-19-23-47(66)33-34-49(57(75)76)60-53(70)35-32-46(56(73)74)42-48(67)22-17-36-58-52(69)27-20-41-81(77,78)63-54(71)26-16-14-12-10-8-6-4-5-7-9-11-13-15-25-51-61-64-65-62-51/h28-31,46,49H,2-27,32-43H2,1H3,(H,58,69)(H,59,72)(H,60,70)(H,63,71)(H,73,74)(H,75,76)(H,61,62,64,65). The van der Waals surface area contributed by atoms with Crippen LogP contribution < -0.4 is 20.7 Å². The van der Waals surface area contributed by atoms with Crippen molar-refractivity contribution in [2.24, 2.45) is 5.92 Å². The minimum Gasteiger partial charge on any atom is -0.481 e. The second kappa shape index (κ2) is 44.6. The first-order chi connectivity index (χ1) is 39.0. The molecule has 0 fully saturated rings. The van der Waals surface area contributed by atoms with E-state index in [4.69, 9.17) is 9.47 Å². The number of sulfonamides is 1. The fourth-order valence-electron chi connectivity index (χ4n) is 8.72. The molecule has 24 heteroatoms. The summed E-state index contributed by atoms with van der Waals surface area (Å²) < 4.78 is 37.6. The van der Waals surface area contributed by atoms with Gasteiger partial charge in [0.1, 0.15) is 24.2 Å². The SMILES string of the molecule is CCCCc1ccc(C(=O)CCCNC(=O)COCCOCCCC(=O)CCC(NC(=O)CCC(CC(=O)CCCNC(=O)CCCS(=O)(=O)NC(=O)CCCCCCCCCCCCCCCc2nn[nH]n2)C(=O)O)C(=O)O)cc1. The highest BCUT2D eigenvalue weighted by atomic mass is 32.2. The summed E-state index contributed by atoms with van der Waals surface area (Å²) in [6.07, 6.45) is 18.2. The number of unbranched alkanes of at least 4 members (excludes halogenated alkanes) is 13. The number of aryl methyl sites for hydroxylation is 2. The maximum Gasteiger partial charge on any atom is 0.326 e. The summed E-state index contributed by atoms with van der Waals surface area (Å²) in [5.74, 6) is -6.29. The number of amides is 4. The normalized spacial score (nSPS) is 12.1. The van der Waals surface area contributed by atoms with Crippen molar-refractivity contribution in [1.29, 1.82) is 0 Å². The molecule has 2 aromatic rings. The Balaban J connectivity index is 1.45. The third kappa shape index (κ3) is 38.4. The van der Waals surface area contributed by atoms with Gasteiger partial charge in [-0.15, -0.1) is 10.2 Å². The van der Waals surface area contributed by atoms with Gasteiger partial charge in [-0.05, 0) is 69.8 Å². The van der Waals surface area contributed by atoms with Crippen LogP contribution in [0.3, 0.4) is 0 Å². The van der Waals surface area contributed by atoms with E-state index in [1.54, 1.807) is 0 Å². The van der Waals surface area contributed by atoms with Crippen LogP contribution in [0, 0.1) is 5.92 Å². The summed E-state index contributed by atoms with van der Waals surface area (Å²) >= 11 is 0. The third-order valence-corrected chi connectivity index (χ3v) is 14.8. The van der Waals surface area contributed by atoms with Crippen LogP contribution in [0.15, 0.2) is 24.3 Å². The Kier molecular flexibility index (Phi) is 39.2. The number of carbonyl (C=O) groups is 9. The Morgan fingerprint density at radius 3 is 1.80 bits per heavy atom.